The Morgan fingerprint density at radius 1 is 1.17 bits per heavy atom. The molecule has 1 unspecified atom stereocenters. The summed E-state index contributed by atoms with van der Waals surface area (Å²) in [4.78, 5) is 12.3. The molecule has 0 amide bonds. The Bertz CT molecular complexity index is 513. The van der Waals surface area contributed by atoms with Crippen molar-refractivity contribution in [3.8, 4) is 0 Å². The minimum atomic E-state index is 0.0569. The van der Waals surface area contributed by atoms with Gasteiger partial charge in [0.15, 0.2) is 11.5 Å². The molecule has 18 heavy (non-hydrogen) atoms. The van der Waals surface area contributed by atoms with Crippen LogP contribution in [-0.2, 0) is 0 Å². The molecule has 0 aliphatic heterocycles. The fourth-order valence-corrected chi connectivity index (χ4v) is 2.04. The Morgan fingerprint density at radius 2 is 2.00 bits per heavy atom. The highest BCUT2D eigenvalue weighted by Gasteiger charge is 2.15. The summed E-state index contributed by atoms with van der Waals surface area (Å²) >= 11 is 0. The number of fused-ring (bicyclic) bond motifs is 1. The van der Waals surface area contributed by atoms with E-state index in [1.165, 1.54) is 6.33 Å². The molecule has 0 aliphatic rings. The van der Waals surface area contributed by atoms with Crippen LogP contribution in [0.4, 0.5) is 5.82 Å². The lowest BCUT2D eigenvalue weighted by atomic mass is 10.1. The van der Waals surface area contributed by atoms with E-state index in [4.69, 9.17) is 15.9 Å². The summed E-state index contributed by atoms with van der Waals surface area (Å²) in [6.07, 6.45) is 5.08. The van der Waals surface area contributed by atoms with Crippen molar-refractivity contribution >= 4 is 17.0 Å². The summed E-state index contributed by atoms with van der Waals surface area (Å²) in [5.41, 5.74) is 6.97. The van der Waals surface area contributed by atoms with Crippen molar-refractivity contribution < 1.29 is 10.2 Å². The molecule has 0 saturated heterocycles. The predicted molar refractivity (Wildman–Crippen MR) is 66.8 cm³/mol. The summed E-state index contributed by atoms with van der Waals surface area (Å²) < 4.78 is 1.89. The van der Waals surface area contributed by atoms with Gasteiger partial charge >= 0.3 is 0 Å². The fourth-order valence-electron chi connectivity index (χ4n) is 2.04. The van der Waals surface area contributed by atoms with E-state index in [0.29, 0.717) is 29.8 Å². The molecule has 7 nitrogen and oxygen atoms in total. The van der Waals surface area contributed by atoms with Crippen molar-refractivity contribution in [2.45, 2.75) is 25.3 Å². The zero-order chi connectivity index (χ0) is 13.0. The monoisotopic (exact) mass is 251 g/mol. The van der Waals surface area contributed by atoms with Crippen LogP contribution in [-0.4, -0.2) is 42.9 Å². The number of aromatic nitrogens is 4. The van der Waals surface area contributed by atoms with Crippen LogP contribution in [0.1, 0.15) is 25.3 Å². The highest BCUT2D eigenvalue weighted by Crippen LogP contribution is 2.23. The van der Waals surface area contributed by atoms with Crippen LogP contribution >= 0.6 is 0 Å². The number of rotatable bonds is 6. The van der Waals surface area contributed by atoms with Crippen molar-refractivity contribution in [1.82, 2.24) is 19.5 Å². The molecule has 2 aromatic rings. The zero-order valence-electron chi connectivity index (χ0n) is 10.0. The van der Waals surface area contributed by atoms with E-state index in [0.717, 1.165) is 6.42 Å². The number of anilines is 1. The smallest absolute Gasteiger partial charge is 0.165 e. The third-order valence-electron chi connectivity index (χ3n) is 2.94. The van der Waals surface area contributed by atoms with E-state index in [1.54, 1.807) is 6.33 Å². The summed E-state index contributed by atoms with van der Waals surface area (Å²) in [6.45, 7) is 0.210. The van der Waals surface area contributed by atoms with Crippen molar-refractivity contribution in [2.75, 3.05) is 18.9 Å². The van der Waals surface area contributed by atoms with Gasteiger partial charge in [0.2, 0.25) is 0 Å². The summed E-state index contributed by atoms with van der Waals surface area (Å²) in [5.74, 6) is 0.351. The lowest BCUT2D eigenvalue weighted by molar-refractivity contribution is 0.234. The standard InChI is InChI=1S/C11H17N5O2/c12-10-9-11(14-6-13-10)16(7-15-9)8(3-5-18)2-1-4-17/h6-8,17-18H,1-5H2,(H2,12,13,14). The maximum Gasteiger partial charge on any atom is 0.165 e. The van der Waals surface area contributed by atoms with Gasteiger partial charge in [0.25, 0.3) is 0 Å². The van der Waals surface area contributed by atoms with E-state index in [-0.39, 0.29) is 19.3 Å². The summed E-state index contributed by atoms with van der Waals surface area (Å²) in [7, 11) is 0. The van der Waals surface area contributed by atoms with Gasteiger partial charge in [0.05, 0.1) is 6.33 Å². The van der Waals surface area contributed by atoms with Crippen LogP contribution in [0.3, 0.4) is 0 Å². The van der Waals surface area contributed by atoms with E-state index in [9.17, 15) is 0 Å². The first-order valence-electron chi connectivity index (χ1n) is 5.92. The van der Waals surface area contributed by atoms with Crippen LogP contribution in [0.15, 0.2) is 12.7 Å². The molecular formula is C11H17N5O2. The van der Waals surface area contributed by atoms with Gasteiger partial charge in [0, 0.05) is 19.3 Å². The minimum Gasteiger partial charge on any atom is -0.396 e. The lowest BCUT2D eigenvalue weighted by Gasteiger charge is -2.17. The third-order valence-corrected chi connectivity index (χ3v) is 2.94. The SMILES string of the molecule is Nc1ncnc2c1ncn2C(CCO)CCCO. The number of hydrogen-bond donors (Lipinski definition) is 3. The first kappa shape index (κ1) is 12.7. The molecule has 2 aromatic heterocycles. The highest BCUT2D eigenvalue weighted by atomic mass is 16.3. The summed E-state index contributed by atoms with van der Waals surface area (Å²) in [5, 5.41) is 18.0. The number of nitrogens with zero attached hydrogens (tertiary/aromatic N) is 4. The topological polar surface area (TPSA) is 110 Å². The first-order valence-corrected chi connectivity index (χ1v) is 5.92. The molecule has 0 aromatic carbocycles. The van der Waals surface area contributed by atoms with E-state index in [1.807, 2.05) is 4.57 Å². The van der Waals surface area contributed by atoms with Crippen molar-refractivity contribution in [2.24, 2.45) is 0 Å². The number of aliphatic hydroxyl groups is 2. The third kappa shape index (κ3) is 2.41. The van der Waals surface area contributed by atoms with Gasteiger partial charge in [-0.25, -0.2) is 15.0 Å². The van der Waals surface area contributed by atoms with Crippen LogP contribution in [0.5, 0.6) is 0 Å². The van der Waals surface area contributed by atoms with Gasteiger partial charge < -0.3 is 20.5 Å². The van der Waals surface area contributed by atoms with Crippen molar-refractivity contribution in [3.05, 3.63) is 12.7 Å². The Hall–Kier alpha value is -1.73. The second-order valence-corrected chi connectivity index (χ2v) is 4.11. The van der Waals surface area contributed by atoms with Gasteiger partial charge in [-0.2, -0.15) is 0 Å². The molecule has 2 rings (SSSR count). The number of nitrogen functional groups attached to an aromatic ring is 1. The molecule has 0 radical (unpaired) electrons. The first-order chi connectivity index (χ1) is 8.77. The quantitative estimate of drug-likeness (QED) is 0.672. The van der Waals surface area contributed by atoms with Gasteiger partial charge in [-0.1, -0.05) is 0 Å². The normalized spacial score (nSPS) is 13.0. The molecule has 0 spiro atoms. The van der Waals surface area contributed by atoms with E-state index >= 15 is 0 Å². The molecule has 0 aliphatic carbocycles. The number of nitrogens with two attached hydrogens (primary N) is 1. The van der Waals surface area contributed by atoms with Crippen LogP contribution < -0.4 is 5.73 Å². The van der Waals surface area contributed by atoms with Gasteiger partial charge in [-0.3, -0.25) is 0 Å². The largest absolute Gasteiger partial charge is 0.396 e. The second kappa shape index (κ2) is 5.74. The molecular weight excluding hydrogens is 234 g/mol. The van der Waals surface area contributed by atoms with E-state index in [2.05, 4.69) is 15.0 Å². The Labute approximate surface area is 104 Å². The molecule has 0 fully saturated rings. The average Bonchev–Trinajstić information content (AvgIpc) is 2.80. The second-order valence-electron chi connectivity index (χ2n) is 4.11. The Morgan fingerprint density at radius 3 is 2.72 bits per heavy atom. The predicted octanol–water partition coefficient (Wildman–Crippen LogP) is 0.104. The Balaban J connectivity index is 2.34. The van der Waals surface area contributed by atoms with Crippen molar-refractivity contribution in [3.63, 3.8) is 0 Å². The van der Waals surface area contributed by atoms with Gasteiger partial charge in [-0.15, -0.1) is 0 Å². The maximum atomic E-state index is 9.11. The van der Waals surface area contributed by atoms with Crippen molar-refractivity contribution in [1.29, 1.82) is 0 Å². The minimum absolute atomic E-state index is 0.0569. The highest BCUT2D eigenvalue weighted by molar-refractivity contribution is 5.81. The molecule has 2 heterocycles. The molecule has 0 saturated carbocycles. The fraction of sp³-hybridized carbons (Fsp3) is 0.545. The molecule has 4 N–H and O–H groups in total. The zero-order valence-corrected chi connectivity index (χ0v) is 10.0. The molecule has 1 atom stereocenters. The Kier molecular flexibility index (Phi) is 4.06. The number of aliphatic hydroxyl groups excluding tert-OH is 2. The van der Waals surface area contributed by atoms with Gasteiger partial charge in [0.1, 0.15) is 11.8 Å². The van der Waals surface area contributed by atoms with Crippen LogP contribution in [0.25, 0.3) is 11.2 Å². The number of imidazole rings is 1. The summed E-state index contributed by atoms with van der Waals surface area (Å²) in [6, 6.07) is 0.0569. The average molecular weight is 251 g/mol. The molecule has 0 bridgehead atoms. The van der Waals surface area contributed by atoms with Crippen LogP contribution in [0.2, 0.25) is 0 Å². The van der Waals surface area contributed by atoms with E-state index < -0.39 is 0 Å². The molecule has 98 valence electrons. The number of hydrogen-bond acceptors (Lipinski definition) is 6. The van der Waals surface area contributed by atoms with Gasteiger partial charge in [-0.05, 0) is 19.3 Å². The molecule has 7 heteroatoms. The maximum absolute atomic E-state index is 9.11. The van der Waals surface area contributed by atoms with Crippen LogP contribution in [0, 0.1) is 0 Å². The lowest BCUT2D eigenvalue weighted by Crippen LogP contribution is -2.11.